The second kappa shape index (κ2) is 16.5. The minimum atomic E-state index is 1.07. The summed E-state index contributed by atoms with van der Waals surface area (Å²) < 4.78 is 2.50. The molecule has 13 rings (SSSR count). The second-order valence-corrected chi connectivity index (χ2v) is 17.6. The molecule has 0 aliphatic carbocycles. The number of benzene rings is 12. The molecule has 13 aromatic rings. The lowest BCUT2D eigenvalue weighted by Crippen LogP contribution is -2.12. The summed E-state index contributed by atoms with van der Waals surface area (Å²) in [4.78, 5) is 2.48. The summed E-state index contributed by atoms with van der Waals surface area (Å²) in [6.07, 6.45) is 0. The number of rotatable bonds is 8. The Morgan fingerprint density at radius 1 is 0.265 bits per heavy atom. The van der Waals surface area contributed by atoms with Crippen LogP contribution >= 0.6 is 0 Å². The highest BCUT2D eigenvalue weighted by molar-refractivity contribution is 6.19. The molecule has 0 radical (unpaired) electrons. The molecule has 2 heteroatoms. The number of hydrogen-bond donors (Lipinski definition) is 0. The van der Waals surface area contributed by atoms with Crippen LogP contribution in [0.4, 0.5) is 17.1 Å². The predicted octanol–water partition coefficient (Wildman–Crippen LogP) is 18.4. The Kier molecular flexibility index (Phi) is 9.54. The number of anilines is 3. The van der Waals surface area contributed by atoms with Crippen molar-refractivity contribution in [3.05, 3.63) is 267 Å². The van der Waals surface area contributed by atoms with Gasteiger partial charge in [-0.25, -0.2) is 0 Å². The van der Waals surface area contributed by atoms with Gasteiger partial charge in [-0.1, -0.05) is 231 Å². The van der Waals surface area contributed by atoms with Gasteiger partial charge in [0.1, 0.15) is 0 Å². The maximum absolute atomic E-state index is 2.50. The summed E-state index contributed by atoms with van der Waals surface area (Å²) in [5.41, 5.74) is 16.2. The molecule has 0 saturated carbocycles. The van der Waals surface area contributed by atoms with Gasteiger partial charge < -0.3 is 9.47 Å². The maximum Gasteiger partial charge on any atom is 0.0619 e. The molecular formula is C66H44N2. The molecule has 0 bridgehead atoms. The zero-order valence-electron chi connectivity index (χ0n) is 37.3. The van der Waals surface area contributed by atoms with Gasteiger partial charge in [-0.2, -0.15) is 0 Å². The number of para-hydroxylation sites is 3. The molecular weight excluding hydrogens is 821 g/mol. The fourth-order valence-corrected chi connectivity index (χ4v) is 10.8. The van der Waals surface area contributed by atoms with Crippen LogP contribution in [0.5, 0.6) is 0 Å². The lowest BCUT2D eigenvalue weighted by atomic mass is 9.91. The van der Waals surface area contributed by atoms with Crippen molar-refractivity contribution in [1.82, 2.24) is 4.57 Å². The molecule has 0 saturated heterocycles. The Balaban J connectivity index is 1.08. The fraction of sp³-hybridized carbons (Fsp3) is 0. The number of fused-ring (bicyclic) bond motifs is 7. The van der Waals surface area contributed by atoms with Crippen molar-refractivity contribution in [1.29, 1.82) is 0 Å². The van der Waals surface area contributed by atoms with E-state index in [4.69, 9.17) is 0 Å². The quantitative estimate of drug-likeness (QED) is 0.148. The topological polar surface area (TPSA) is 8.17 Å². The van der Waals surface area contributed by atoms with Gasteiger partial charge in [0.05, 0.1) is 28.1 Å². The largest absolute Gasteiger partial charge is 0.309 e. The Bertz CT molecular complexity index is 4030. The van der Waals surface area contributed by atoms with E-state index in [2.05, 4.69) is 276 Å². The van der Waals surface area contributed by atoms with Crippen LogP contribution in [0, 0.1) is 0 Å². The molecule has 0 aliphatic rings. The molecule has 12 aromatic carbocycles. The van der Waals surface area contributed by atoms with E-state index in [1.54, 1.807) is 0 Å². The van der Waals surface area contributed by atoms with Crippen molar-refractivity contribution in [3.63, 3.8) is 0 Å². The van der Waals surface area contributed by atoms with Gasteiger partial charge in [0.2, 0.25) is 0 Å². The van der Waals surface area contributed by atoms with Crippen molar-refractivity contribution >= 4 is 71.2 Å². The standard InChI is InChI=1S/C66H44N2/c1-3-20-46(21-4-1)51-28-13-16-35-62(51)67(65-43-42-55(54-30-11-12-31-57(54)65)53-34-19-26-45-24-7-9-27-50(45)53)49-39-41-56(61(44-49)47-22-5-2-6-23-47)58-32-14-17-36-63(58)68-64-37-18-15-33-59(64)60-40-38-48-25-8-10-29-52(48)66(60)68/h1-44H. The van der Waals surface area contributed by atoms with Crippen molar-refractivity contribution in [2.24, 2.45) is 0 Å². The van der Waals surface area contributed by atoms with Gasteiger partial charge in [0, 0.05) is 38.4 Å². The highest BCUT2D eigenvalue weighted by Crippen LogP contribution is 2.49. The first-order valence-corrected chi connectivity index (χ1v) is 23.4. The van der Waals surface area contributed by atoms with Gasteiger partial charge >= 0.3 is 0 Å². The average molecular weight is 865 g/mol. The SMILES string of the molecule is c1ccc(-c2cc(N(c3ccccc3-c3ccccc3)c3ccc(-c4cccc5ccccc45)c4ccccc34)ccc2-c2ccccc2-n2c3ccccc3c3ccc4ccccc4c32)cc1. The Morgan fingerprint density at radius 3 is 1.60 bits per heavy atom. The molecule has 1 aromatic heterocycles. The van der Waals surface area contributed by atoms with Gasteiger partial charge in [0.25, 0.3) is 0 Å². The van der Waals surface area contributed by atoms with Gasteiger partial charge in [-0.05, 0) is 91.3 Å². The van der Waals surface area contributed by atoms with E-state index in [9.17, 15) is 0 Å². The van der Waals surface area contributed by atoms with Crippen LogP contribution in [0.25, 0.3) is 104 Å². The fourth-order valence-electron chi connectivity index (χ4n) is 10.8. The molecule has 1 heterocycles. The molecule has 0 fully saturated rings. The smallest absolute Gasteiger partial charge is 0.0619 e. The van der Waals surface area contributed by atoms with E-state index < -0.39 is 0 Å². The Hall–Kier alpha value is -8.98. The predicted molar refractivity (Wildman–Crippen MR) is 290 cm³/mol. The Labute approximate surface area is 395 Å². The molecule has 0 spiro atoms. The van der Waals surface area contributed by atoms with E-state index >= 15 is 0 Å². The molecule has 0 aliphatic heterocycles. The third kappa shape index (κ3) is 6.49. The summed E-state index contributed by atoms with van der Waals surface area (Å²) in [6, 6.07) is 97.6. The molecule has 0 N–H and O–H groups in total. The molecule has 0 unspecified atom stereocenters. The lowest BCUT2D eigenvalue weighted by Gasteiger charge is -2.30. The van der Waals surface area contributed by atoms with Crippen LogP contribution < -0.4 is 4.90 Å². The van der Waals surface area contributed by atoms with Crippen molar-refractivity contribution in [3.8, 4) is 50.2 Å². The highest BCUT2D eigenvalue weighted by atomic mass is 15.1. The number of aromatic nitrogens is 1. The monoisotopic (exact) mass is 864 g/mol. The van der Waals surface area contributed by atoms with E-state index in [0.29, 0.717) is 0 Å². The summed E-state index contributed by atoms with van der Waals surface area (Å²) >= 11 is 0. The van der Waals surface area contributed by atoms with Crippen LogP contribution in [0.15, 0.2) is 267 Å². The first-order chi connectivity index (χ1) is 33.8. The summed E-state index contributed by atoms with van der Waals surface area (Å²) in [5, 5.41) is 9.82. The molecule has 0 amide bonds. The minimum absolute atomic E-state index is 1.07. The zero-order chi connectivity index (χ0) is 45.0. The minimum Gasteiger partial charge on any atom is -0.309 e. The molecule has 318 valence electrons. The van der Waals surface area contributed by atoms with E-state index in [1.807, 2.05) is 0 Å². The second-order valence-electron chi connectivity index (χ2n) is 17.6. The van der Waals surface area contributed by atoms with E-state index in [1.165, 1.54) is 65.3 Å². The third-order valence-corrected chi connectivity index (χ3v) is 13.8. The van der Waals surface area contributed by atoms with Gasteiger partial charge in [0.15, 0.2) is 0 Å². The van der Waals surface area contributed by atoms with Crippen LogP contribution in [-0.4, -0.2) is 4.57 Å². The molecule has 2 nitrogen and oxygen atoms in total. The summed E-state index contributed by atoms with van der Waals surface area (Å²) in [6.45, 7) is 0. The first kappa shape index (κ1) is 39.4. The van der Waals surface area contributed by atoms with Crippen LogP contribution in [0.2, 0.25) is 0 Å². The first-order valence-electron chi connectivity index (χ1n) is 23.4. The van der Waals surface area contributed by atoms with Gasteiger partial charge in [-0.3, -0.25) is 0 Å². The van der Waals surface area contributed by atoms with Crippen LogP contribution in [-0.2, 0) is 0 Å². The Morgan fingerprint density at radius 2 is 0.809 bits per heavy atom. The maximum atomic E-state index is 2.50. The third-order valence-electron chi connectivity index (χ3n) is 13.8. The lowest BCUT2D eigenvalue weighted by molar-refractivity contribution is 1.19. The normalized spacial score (nSPS) is 11.5. The van der Waals surface area contributed by atoms with Crippen molar-refractivity contribution < 1.29 is 0 Å². The summed E-state index contributed by atoms with van der Waals surface area (Å²) in [5.74, 6) is 0. The number of hydrogen-bond acceptors (Lipinski definition) is 1. The molecule has 68 heavy (non-hydrogen) atoms. The van der Waals surface area contributed by atoms with Gasteiger partial charge in [-0.15, -0.1) is 0 Å². The van der Waals surface area contributed by atoms with Crippen molar-refractivity contribution in [2.75, 3.05) is 4.90 Å². The van der Waals surface area contributed by atoms with E-state index in [0.717, 1.165) is 56.1 Å². The summed E-state index contributed by atoms with van der Waals surface area (Å²) in [7, 11) is 0. The highest BCUT2D eigenvalue weighted by Gasteiger charge is 2.24. The van der Waals surface area contributed by atoms with Crippen LogP contribution in [0.3, 0.4) is 0 Å². The average Bonchev–Trinajstić information content (AvgIpc) is 3.76. The van der Waals surface area contributed by atoms with Crippen molar-refractivity contribution in [2.45, 2.75) is 0 Å². The zero-order valence-corrected chi connectivity index (χ0v) is 37.3. The molecule has 0 atom stereocenters. The van der Waals surface area contributed by atoms with Crippen LogP contribution in [0.1, 0.15) is 0 Å². The van der Waals surface area contributed by atoms with E-state index in [-0.39, 0.29) is 0 Å². The number of nitrogens with zero attached hydrogens (tertiary/aromatic N) is 2.